The Morgan fingerprint density at radius 3 is 2.54 bits per heavy atom. The zero-order valence-electron chi connectivity index (χ0n) is 21.5. The van der Waals surface area contributed by atoms with Crippen molar-refractivity contribution in [1.29, 1.82) is 0 Å². The molecular formula is C25H32F3N7O4. The number of nitrogens with one attached hydrogen (secondary N) is 2. The van der Waals surface area contributed by atoms with Crippen LogP contribution in [0.5, 0.6) is 0 Å². The second-order valence-corrected chi connectivity index (χ2v) is 10.3. The van der Waals surface area contributed by atoms with Crippen LogP contribution >= 0.6 is 0 Å². The molecule has 0 bridgehead atoms. The van der Waals surface area contributed by atoms with E-state index in [1.54, 1.807) is 16.9 Å². The Hall–Kier alpha value is -3.26. The lowest BCUT2D eigenvalue weighted by atomic mass is 10.0. The summed E-state index contributed by atoms with van der Waals surface area (Å²) in [6.45, 7) is 3.02. The number of hydrogen-bond donors (Lipinski definition) is 3. The summed E-state index contributed by atoms with van der Waals surface area (Å²) in [4.78, 5) is 37.3. The van der Waals surface area contributed by atoms with E-state index in [1.165, 1.54) is 12.8 Å². The van der Waals surface area contributed by atoms with Gasteiger partial charge in [-0.05, 0) is 37.2 Å². The lowest BCUT2D eigenvalue weighted by Gasteiger charge is -2.40. The van der Waals surface area contributed by atoms with E-state index < -0.39 is 41.2 Å². The highest BCUT2D eigenvalue weighted by molar-refractivity contribution is 5.83. The third-order valence-electron chi connectivity index (χ3n) is 7.62. The summed E-state index contributed by atoms with van der Waals surface area (Å²) in [5.74, 6) is 0.876. The van der Waals surface area contributed by atoms with Crippen LogP contribution in [0.3, 0.4) is 0 Å². The molecule has 2 aromatic heterocycles. The highest BCUT2D eigenvalue weighted by Crippen LogP contribution is 2.39. The van der Waals surface area contributed by atoms with E-state index in [0.29, 0.717) is 50.8 Å². The van der Waals surface area contributed by atoms with Gasteiger partial charge in [-0.3, -0.25) is 9.59 Å². The van der Waals surface area contributed by atoms with Gasteiger partial charge in [-0.2, -0.15) is 18.3 Å². The molecule has 11 nitrogen and oxygen atoms in total. The summed E-state index contributed by atoms with van der Waals surface area (Å²) in [6.07, 6.45) is 1.87. The molecule has 3 aliphatic rings. The zero-order chi connectivity index (χ0) is 27.7. The Bertz CT molecular complexity index is 1220. The maximum atomic E-state index is 13.4. The van der Waals surface area contributed by atoms with Gasteiger partial charge in [0.15, 0.2) is 0 Å². The number of β-amino-alcohol motifs (C(OH)–C–C–N with tert-alkyl or cyclic N) is 1. The Morgan fingerprint density at radius 1 is 1.15 bits per heavy atom. The van der Waals surface area contributed by atoms with Gasteiger partial charge in [0.1, 0.15) is 11.7 Å². The van der Waals surface area contributed by atoms with Gasteiger partial charge in [0.25, 0.3) is 11.5 Å². The molecule has 2 aliphatic heterocycles. The van der Waals surface area contributed by atoms with Gasteiger partial charge in [-0.25, -0.2) is 15.1 Å². The molecule has 4 heterocycles. The summed E-state index contributed by atoms with van der Waals surface area (Å²) in [6, 6.07) is -0.957. The van der Waals surface area contributed by atoms with Gasteiger partial charge in [0.05, 0.1) is 30.6 Å². The molecule has 0 aromatic carbocycles. The number of carbonyl (C=O) groups is 1. The third-order valence-corrected chi connectivity index (χ3v) is 7.62. The summed E-state index contributed by atoms with van der Waals surface area (Å²) in [7, 11) is 0. The number of carbonyl (C=O) groups excluding carboxylic acids is 1. The van der Waals surface area contributed by atoms with Gasteiger partial charge in [-0.1, -0.05) is 6.92 Å². The normalized spacial score (nSPS) is 24.7. The molecule has 5 rings (SSSR count). The van der Waals surface area contributed by atoms with Crippen LogP contribution in [0.2, 0.25) is 0 Å². The average Bonchev–Trinajstić information content (AvgIpc) is 3.69. The molecular weight excluding hydrogens is 519 g/mol. The Balaban J connectivity index is 1.15. The summed E-state index contributed by atoms with van der Waals surface area (Å²) >= 11 is 0. The Kier molecular flexibility index (Phi) is 7.76. The van der Waals surface area contributed by atoms with Crippen LogP contribution in [-0.4, -0.2) is 86.6 Å². The lowest BCUT2D eigenvalue weighted by Crippen LogP contribution is -2.55. The molecule has 2 saturated heterocycles. The molecule has 0 radical (unpaired) electrons. The minimum atomic E-state index is -4.86. The monoisotopic (exact) mass is 551 g/mol. The highest BCUT2D eigenvalue weighted by atomic mass is 19.4. The number of likely N-dealkylation sites (tertiary alicyclic amines) is 1. The molecule has 14 heteroatoms. The van der Waals surface area contributed by atoms with Gasteiger partial charge < -0.3 is 25.0 Å². The number of H-pyrrole nitrogens is 1. The number of aromatic amines is 1. The number of aromatic nitrogens is 4. The standard InChI is InChI=1S/C25H32F3N7O4/c1-2-16(32-17-11-31-33-22(37)21(17)25(26,27)28)13-39-20-6-8-35(23(20)38)18-5-7-34(12-19(18)36)24-29-9-15(10-30-24)14-3-4-14/h9-11,14,16,18-20,36H,2-8,12-13H2,1H3,(H2,32,33,37). The van der Waals surface area contributed by atoms with Gasteiger partial charge in [0.2, 0.25) is 5.95 Å². The molecule has 1 aliphatic carbocycles. The first kappa shape index (κ1) is 27.3. The first-order valence-corrected chi connectivity index (χ1v) is 13.2. The maximum absolute atomic E-state index is 13.4. The summed E-state index contributed by atoms with van der Waals surface area (Å²) in [5.41, 5.74) is -2.00. The van der Waals surface area contributed by atoms with Gasteiger partial charge in [-0.15, -0.1) is 0 Å². The number of piperidine rings is 1. The number of rotatable bonds is 9. The highest BCUT2D eigenvalue weighted by Gasteiger charge is 2.42. The molecule has 1 saturated carbocycles. The molecule has 3 N–H and O–H groups in total. The van der Waals surface area contributed by atoms with Crippen LogP contribution in [0.1, 0.15) is 56.1 Å². The van der Waals surface area contributed by atoms with Crippen LogP contribution in [0.15, 0.2) is 23.4 Å². The largest absolute Gasteiger partial charge is 0.423 e. The SMILES string of the molecule is CCC(COC1CCN(C2CCN(c3ncc(C4CC4)cn3)CC2O)C1=O)Nc1cn[nH]c(=O)c1C(F)(F)F. The van der Waals surface area contributed by atoms with Crippen LogP contribution in [0.4, 0.5) is 24.8 Å². The van der Waals surface area contributed by atoms with Crippen molar-refractivity contribution in [1.82, 2.24) is 25.1 Å². The Morgan fingerprint density at radius 2 is 1.90 bits per heavy atom. The van der Waals surface area contributed by atoms with E-state index in [1.807, 2.05) is 17.3 Å². The van der Waals surface area contributed by atoms with E-state index in [-0.39, 0.29) is 18.6 Å². The molecule has 3 fully saturated rings. The number of alkyl halides is 3. The van der Waals surface area contributed by atoms with E-state index >= 15 is 0 Å². The lowest BCUT2D eigenvalue weighted by molar-refractivity contribution is -0.141. The van der Waals surface area contributed by atoms with Crippen LogP contribution in [0.25, 0.3) is 0 Å². The summed E-state index contributed by atoms with van der Waals surface area (Å²) in [5, 5.41) is 18.8. The van der Waals surface area contributed by atoms with Crippen LogP contribution in [0, 0.1) is 0 Å². The molecule has 2 aromatic rings. The molecule has 4 unspecified atom stereocenters. The molecule has 39 heavy (non-hydrogen) atoms. The molecule has 212 valence electrons. The van der Waals surface area contributed by atoms with Crippen LogP contribution < -0.4 is 15.8 Å². The number of hydrogen-bond acceptors (Lipinski definition) is 9. The number of nitrogens with zero attached hydrogens (tertiary/aromatic N) is 5. The van der Waals surface area contributed by atoms with Crippen molar-refractivity contribution < 1.29 is 27.8 Å². The average molecular weight is 552 g/mol. The van der Waals surface area contributed by atoms with Crippen molar-refractivity contribution in [2.45, 2.75) is 75.4 Å². The zero-order valence-corrected chi connectivity index (χ0v) is 21.5. The number of aliphatic hydroxyl groups is 1. The Labute approximate surface area is 222 Å². The van der Waals surface area contributed by atoms with E-state index in [2.05, 4.69) is 20.4 Å². The van der Waals surface area contributed by atoms with E-state index in [4.69, 9.17) is 4.74 Å². The number of anilines is 2. The van der Waals surface area contributed by atoms with Gasteiger partial charge in [0, 0.05) is 44.5 Å². The molecule has 0 spiro atoms. The summed E-state index contributed by atoms with van der Waals surface area (Å²) < 4.78 is 45.9. The first-order chi connectivity index (χ1) is 18.7. The van der Waals surface area contributed by atoms with Crippen LogP contribution in [-0.2, 0) is 15.7 Å². The quantitative estimate of drug-likeness (QED) is 0.427. The second kappa shape index (κ2) is 11.1. The molecule has 1 amide bonds. The third kappa shape index (κ3) is 6.01. The number of ether oxygens (including phenoxy) is 1. The van der Waals surface area contributed by atoms with Gasteiger partial charge >= 0.3 is 6.18 Å². The van der Waals surface area contributed by atoms with E-state index in [0.717, 1.165) is 11.8 Å². The minimum absolute atomic E-state index is 0.0416. The number of aliphatic hydroxyl groups excluding tert-OH is 1. The fraction of sp³-hybridized carbons (Fsp3) is 0.640. The number of halogens is 3. The van der Waals surface area contributed by atoms with Crippen molar-refractivity contribution >= 4 is 17.5 Å². The number of amides is 1. The van der Waals surface area contributed by atoms with E-state index in [9.17, 15) is 27.9 Å². The first-order valence-electron chi connectivity index (χ1n) is 13.2. The minimum Gasteiger partial charge on any atom is -0.389 e. The topological polar surface area (TPSA) is 137 Å². The predicted octanol–water partition coefficient (Wildman–Crippen LogP) is 1.90. The van der Waals surface area contributed by atoms with Crippen molar-refractivity contribution in [2.75, 3.05) is 36.5 Å². The maximum Gasteiger partial charge on any atom is 0.423 e. The van der Waals surface area contributed by atoms with Crippen molar-refractivity contribution in [3.05, 3.63) is 40.1 Å². The second-order valence-electron chi connectivity index (χ2n) is 10.3. The fourth-order valence-corrected chi connectivity index (χ4v) is 5.25. The smallest absolute Gasteiger partial charge is 0.389 e. The predicted molar refractivity (Wildman–Crippen MR) is 134 cm³/mol. The van der Waals surface area contributed by atoms with Crippen molar-refractivity contribution in [2.24, 2.45) is 0 Å². The fourth-order valence-electron chi connectivity index (χ4n) is 5.25. The van der Waals surface area contributed by atoms with Crippen molar-refractivity contribution in [3.8, 4) is 0 Å². The van der Waals surface area contributed by atoms with Crippen molar-refractivity contribution in [3.63, 3.8) is 0 Å². The molecule has 4 atom stereocenters.